The first-order chi connectivity index (χ1) is 14.8. The minimum absolute atomic E-state index is 0.0568. The molecule has 1 aliphatic heterocycles. The Labute approximate surface area is 184 Å². The van der Waals surface area contributed by atoms with Crippen molar-refractivity contribution >= 4 is 39.2 Å². The van der Waals surface area contributed by atoms with E-state index < -0.39 is 28.5 Å². The lowest BCUT2D eigenvalue weighted by molar-refractivity contribution is -0.119. The van der Waals surface area contributed by atoms with Gasteiger partial charge >= 0.3 is 5.97 Å². The average molecular weight is 464 g/mol. The second-order valence-electron chi connectivity index (χ2n) is 6.47. The smallest absolute Gasteiger partial charge is 0.338 e. The van der Waals surface area contributed by atoms with E-state index in [9.17, 15) is 18.0 Å². The van der Waals surface area contributed by atoms with Crippen LogP contribution in [0.5, 0.6) is 0 Å². The highest BCUT2D eigenvalue weighted by atomic mass is 35.5. The molecule has 2 aromatic carbocycles. The van der Waals surface area contributed by atoms with Crippen LogP contribution in [0, 0.1) is 11.3 Å². The number of amides is 1. The average Bonchev–Trinajstić information content (AvgIpc) is 2.78. The van der Waals surface area contributed by atoms with Gasteiger partial charge < -0.3 is 14.8 Å². The Morgan fingerprint density at radius 1 is 1.16 bits per heavy atom. The van der Waals surface area contributed by atoms with Crippen molar-refractivity contribution in [1.29, 1.82) is 5.26 Å². The zero-order valence-corrected chi connectivity index (χ0v) is 17.8. The Morgan fingerprint density at radius 3 is 2.45 bits per heavy atom. The van der Waals surface area contributed by atoms with Crippen LogP contribution in [0.1, 0.15) is 15.9 Å². The van der Waals surface area contributed by atoms with Crippen LogP contribution in [0.25, 0.3) is 0 Å². The van der Waals surface area contributed by atoms with Gasteiger partial charge in [-0.15, -0.1) is 0 Å². The Kier molecular flexibility index (Phi) is 7.25. The van der Waals surface area contributed by atoms with Gasteiger partial charge in [-0.2, -0.15) is 9.57 Å². The highest BCUT2D eigenvalue weighted by molar-refractivity contribution is 7.89. The first kappa shape index (κ1) is 22.7. The Bertz CT molecular complexity index is 1120. The van der Waals surface area contributed by atoms with Crippen molar-refractivity contribution in [2.75, 3.05) is 38.2 Å². The number of nitrogens with one attached hydrogen (secondary N) is 1. The third-order valence-corrected chi connectivity index (χ3v) is 6.63. The lowest BCUT2D eigenvalue weighted by Gasteiger charge is -2.26. The largest absolute Gasteiger partial charge is 0.452 e. The number of carbonyl (C=O) groups excluding carboxylic acids is 2. The maximum absolute atomic E-state index is 12.6. The summed E-state index contributed by atoms with van der Waals surface area (Å²) in [7, 11) is -3.67. The van der Waals surface area contributed by atoms with Crippen molar-refractivity contribution in [3.05, 3.63) is 58.6 Å². The van der Waals surface area contributed by atoms with Crippen LogP contribution >= 0.6 is 11.6 Å². The van der Waals surface area contributed by atoms with Crippen LogP contribution in [0.4, 0.5) is 5.69 Å². The second-order valence-corrected chi connectivity index (χ2v) is 8.82. The number of anilines is 1. The van der Waals surface area contributed by atoms with Gasteiger partial charge in [0.05, 0.1) is 34.3 Å². The van der Waals surface area contributed by atoms with Gasteiger partial charge in [-0.05, 0) is 42.5 Å². The topological polar surface area (TPSA) is 126 Å². The number of morpholine rings is 1. The molecular weight excluding hydrogens is 446 g/mol. The Balaban J connectivity index is 1.56. The van der Waals surface area contributed by atoms with Gasteiger partial charge in [0.15, 0.2) is 6.61 Å². The summed E-state index contributed by atoms with van der Waals surface area (Å²) in [6.07, 6.45) is 0. The number of hydrogen-bond acceptors (Lipinski definition) is 7. The molecule has 0 aliphatic carbocycles. The molecule has 9 nitrogen and oxygen atoms in total. The molecule has 0 spiro atoms. The first-order valence-electron chi connectivity index (χ1n) is 9.16. The summed E-state index contributed by atoms with van der Waals surface area (Å²) in [5.74, 6) is -1.37. The van der Waals surface area contributed by atoms with Gasteiger partial charge in [0, 0.05) is 18.8 Å². The van der Waals surface area contributed by atoms with E-state index in [2.05, 4.69) is 5.32 Å². The minimum Gasteiger partial charge on any atom is -0.452 e. The van der Waals surface area contributed by atoms with Crippen molar-refractivity contribution in [3.63, 3.8) is 0 Å². The maximum Gasteiger partial charge on any atom is 0.338 e. The molecule has 0 atom stereocenters. The fraction of sp³-hybridized carbons (Fsp3) is 0.250. The van der Waals surface area contributed by atoms with Crippen LogP contribution < -0.4 is 5.32 Å². The van der Waals surface area contributed by atoms with E-state index in [1.54, 1.807) is 0 Å². The zero-order valence-electron chi connectivity index (χ0n) is 16.2. The molecule has 1 fully saturated rings. The van der Waals surface area contributed by atoms with E-state index in [1.165, 1.54) is 46.8 Å². The SMILES string of the molecule is N#Cc1ccc(NC(=O)COC(=O)c2ccc(S(=O)(=O)N3CCOCC3)cc2)cc1Cl. The molecular formula is C20H18ClN3O6S. The lowest BCUT2D eigenvalue weighted by atomic mass is 10.2. The number of carbonyl (C=O) groups is 2. The second kappa shape index (κ2) is 9.89. The van der Waals surface area contributed by atoms with Gasteiger partial charge in [-0.25, -0.2) is 13.2 Å². The van der Waals surface area contributed by atoms with E-state index in [-0.39, 0.29) is 34.1 Å². The number of ether oxygens (including phenoxy) is 2. The number of nitriles is 1. The molecule has 0 unspecified atom stereocenters. The summed E-state index contributed by atoms with van der Waals surface area (Å²) in [6, 6.07) is 11.6. The molecule has 0 bridgehead atoms. The number of benzene rings is 2. The Hall–Kier alpha value is -2.97. The van der Waals surface area contributed by atoms with Gasteiger partial charge in [-0.3, -0.25) is 4.79 Å². The standard InChI is InChI=1S/C20H18ClN3O6S/c21-18-11-16(4-1-15(18)12-22)23-19(25)13-30-20(26)14-2-5-17(6-3-14)31(27,28)24-7-9-29-10-8-24/h1-6,11H,7-10,13H2,(H,23,25). The lowest BCUT2D eigenvalue weighted by Crippen LogP contribution is -2.40. The number of sulfonamides is 1. The van der Waals surface area contributed by atoms with Crippen molar-refractivity contribution in [2.45, 2.75) is 4.90 Å². The molecule has 1 amide bonds. The van der Waals surface area contributed by atoms with Crippen LogP contribution in [-0.2, 0) is 24.3 Å². The van der Waals surface area contributed by atoms with Gasteiger partial charge in [0.1, 0.15) is 6.07 Å². The van der Waals surface area contributed by atoms with Gasteiger partial charge in [-0.1, -0.05) is 11.6 Å². The van der Waals surface area contributed by atoms with Crippen molar-refractivity contribution in [2.24, 2.45) is 0 Å². The molecule has 1 saturated heterocycles. The molecule has 3 rings (SSSR count). The molecule has 1 N–H and O–H groups in total. The molecule has 0 radical (unpaired) electrons. The van der Waals surface area contributed by atoms with Gasteiger partial charge in [0.25, 0.3) is 5.91 Å². The fourth-order valence-corrected chi connectivity index (χ4v) is 4.42. The van der Waals surface area contributed by atoms with Crippen LogP contribution in [0.15, 0.2) is 47.4 Å². The number of esters is 1. The fourth-order valence-electron chi connectivity index (χ4n) is 2.79. The molecule has 1 heterocycles. The van der Waals surface area contributed by atoms with E-state index in [0.717, 1.165) is 0 Å². The van der Waals surface area contributed by atoms with Crippen LogP contribution in [0.3, 0.4) is 0 Å². The summed E-state index contributed by atoms with van der Waals surface area (Å²) in [6.45, 7) is 0.655. The summed E-state index contributed by atoms with van der Waals surface area (Å²) in [5.41, 5.74) is 0.725. The normalized spacial score (nSPS) is 14.5. The molecule has 2 aromatic rings. The third kappa shape index (κ3) is 5.59. The van der Waals surface area contributed by atoms with E-state index in [0.29, 0.717) is 18.9 Å². The number of nitrogens with zero attached hydrogens (tertiary/aromatic N) is 2. The summed E-state index contributed by atoms with van der Waals surface area (Å²) in [4.78, 5) is 24.2. The first-order valence-corrected chi connectivity index (χ1v) is 11.0. The maximum atomic E-state index is 12.6. The van der Waals surface area contributed by atoms with E-state index >= 15 is 0 Å². The monoisotopic (exact) mass is 463 g/mol. The molecule has 1 aliphatic rings. The van der Waals surface area contributed by atoms with E-state index in [4.69, 9.17) is 26.3 Å². The van der Waals surface area contributed by atoms with E-state index in [1.807, 2.05) is 6.07 Å². The summed E-state index contributed by atoms with van der Waals surface area (Å²) >= 11 is 5.90. The van der Waals surface area contributed by atoms with Crippen LogP contribution in [-0.4, -0.2) is 57.5 Å². The van der Waals surface area contributed by atoms with Gasteiger partial charge in [0.2, 0.25) is 10.0 Å². The predicted molar refractivity (Wildman–Crippen MR) is 111 cm³/mol. The van der Waals surface area contributed by atoms with Crippen molar-refractivity contribution in [1.82, 2.24) is 4.31 Å². The zero-order chi connectivity index (χ0) is 22.4. The molecule has 162 valence electrons. The number of hydrogen-bond donors (Lipinski definition) is 1. The molecule has 0 aromatic heterocycles. The predicted octanol–water partition coefficient (Wildman–Crippen LogP) is 2.03. The summed E-state index contributed by atoms with van der Waals surface area (Å²) in [5, 5.41) is 11.5. The highest BCUT2D eigenvalue weighted by Gasteiger charge is 2.26. The quantitative estimate of drug-likeness (QED) is 0.649. The number of halogens is 1. The molecule has 31 heavy (non-hydrogen) atoms. The third-order valence-electron chi connectivity index (χ3n) is 4.41. The number of rotatable bonds is 6. The molecule has 0 saturated carbocycles. The van der Waals surface area contributed by atoms with Crippen molar-refractivity contribution < 1.29 is 27.5 Å². The van der Waals surface area contributed by atoms with Crippen LogP contribution in [0.2, 0.25) is 5.02 Å². The molecule has 11 heteroatoms. The van der Waals surface area contributed by atoms with Crippen molar-refractivity contribution in [3.8, 4) is 6.07 Å². The Morgan fingerprint density at radius 2 is 1.84 bits per heavy atom. The minimum atomic E-state index is -3.67. The summed E-state index contributed by atoms with van der Waals surface area (Å²) < 4.78 is 36.6. The highest BCUT2D eigenvalue weighted by Crippen LogP contribution is 2.20.